The molecule has 1 saturated carbocycles. The molecule has 0 bridgehead atoms. The summed E-state index contributed by atoms with van der Waals surface area (Å²) in [6.07, 6.45) is 8.90. The van der Waals surface area contributed by atoms with E-state index in [0.717, 1.165) is 69.3 Å². The summed E-state index contributed by atoms with van der Waals surface area (Å²) in [5.41, 5.74) is 3.88. The molecule has 2 aliphatic heterocycles. The Labute approximate surface area is 214 Å². The van der Waals surface area contributed by atoms with E-state index >= 15 is 0 Å². The van der Waals surface area contributed by atoms with E-state index in [2.05, 4.69) is 11.4 Å². The van der Waals surface area contributed by atoms with Crippen molar-refractivity contribution in [2.45, 2.75) is 64.3 Å². The molecule has 6 nitrogen and oxygen atoms in total. The van der Waals surface area contributed by atoms with Gasteiger partial charge in [0.2, 0.25) is 11.8 Å². The van der Waals surface area contributed by atoms with Crippen molar-refractivity contribution in [3.05, 3.63) is 65.2 Å². The Bertz CT molecular complexity index is 1090. The highest BCUT2D eigenvalue weighted by Crippen LogP contribution is 2.36. The number of para-hydroxylation sites is 1. The van der Waals surface area contributed by atoms with Crippen molar-refractivity contribution in [2.75, 3.05) is 24.5 Å². The molecule has 2 aromatic rings. The molecule has 2 fully saturated rings. The number of likely N-dealkylation sites (tertiary alicyclic amines) is 1. The van der Waals surface area contributed by atoms with Gasteiger partial charge < -0.3 is 15.1 Å². The van der Waals surface area contributed by atoms with Crippen LogP contribution in [0.15, 0.2) is 48.5 Å². The fourth-order valence-electron chi connectivity index (χ4n) is 6.05. The van der Waals surface area contributed by atoms with Crippen molar-refractivity contribution >= 4 is 23.4 Å². The van der Waals surface area contributed by atoms with E-state index in [9.17, 15) is 14.4 Å². The van der Waals surface area contributed by atoms with Gasteiger partial charge in [0.15, 0.2) is 0 Å². The van der Waals surface area contributed by atoms with Gasteiger partial charge >= 0.3 is 0 Å². The van der Waals surface area contributed by atoms with Crippen LogP contribution in [-0.4, -0.2) is 42.3 Å². The summed E-state index contributed by atoms with van der Waals surface area (Å²) in [6.45, 7) is 2.77. The molecule has 2 aromatic carbocycles. The SMILES string of the molecule is O=C(NCc1ccc(C(=O)N2CCCCCC2)cc1)[C@H]1CCCC[C@@H]1C(=O)N1CCc2ccccc21. The van der Waals surface area contributed by atoms with Crippen LogP contribution in [0.3, 0.4) is 0 Å². The Hall–Kier alpha value is -3.15. The summed E-state index contributed by atoms with van der Waals surface area (Å²) in [7, 11) is 0. The Morgan fingerprint density at radius 3 is 2.22 bits per heavy atom. The molecule has 0 spiro atoms. The summed E-state index contributed by atoms with van der Waals surface area (Å²) in [5.74, 6) is -0.401. The van der Waals surface area contributed by atoms with Crippen molar-refractivity contribution in [2.24, 2.45) is 11.8 Å². The fourth-order valence-corrected chi connectivity index (χ4v) is 6.05. The number of hydrogen-bond acceptors (Lipinski definition) is 3. The molecule has 36 heavy (non-hydrogen) atoms. The van der Waals surface area contributed by atoms with Gasteiger partial charge in [-0.15, -0.1) is 0 Å². The van der Waals surface area contributed by atoms with E-state index in [0.29, 0.717) is 18.7 Å². The zero-order valence-electron chi connectivity index (χ0n) is 21.1. The Morgan fingerprint density at radius 1 is 0.778 bits per heavy atom. The van der Waals surface area contributed by atoms with Gasteiger partial charge in [0, 0.05) is 43.3 Å². The first-order valence-corrected chi connectivity index (χ1v) is 13.7. The molecule has 2 heterocycles. The summed E-state index contributed by atoms with van der Waals surface area (Å²) in [6, 6.07) is 15.7. The highest BCUT2D eigenvalue weighted by molar-refractivity contribution is 5.99. The van der Waals surface area contributed by atoms with Gasteiger partial charge in [-0.05, 0) is 61.4 Å². The number of carbonyl (C=O) groups excluding carboxylic acids is 3. The lowest BCUT2D eigenvalue weighted by Gasteiger charge is -2.32. The standard InChI is InChI=1S/C30H37N3O3/c34-28(31-21-22-13-15-24(16-14-22)29(35)32-18-7-1-2-8-19-32)25-10-4-5-11-26(25)30(36)33-20-17-23-9-3-6-12-27(23)33/h3,6,9,12-16,25-26H,1-2,4-5,7-8,10-11,17-21H2,(H,31,34)/t25-,26-/m0/s1. The van der Waals surface area contributed by atoms with Crippen LogP contribution in [0.4, 0.5) is 5.69 Å². The second-order valence-electron chi connectivity index (χ2n) is 10.5. The van der Waals surface area contributed by atoms with Crippen molar-refractivity contribution in [3.8, 4) is 0 Å². The summed E-state index contributed by atoms with van der Waals surface area (Å²) < 4.78 is 0. The maximum atomic E-state index is 13.5. The predicted molar refractivity (Wildman–Crippen MR) is 141 cm³/mol. The molecule has 3 aliphatic rings. The highest BCUT2D eigenvalue weighted by Gasteiger charge is 2.39. The van der Waals surface area contributed by atoms with Crippen LogP contribution in [-0.2, 0) is 22.6 Å². The van der Waals surface area contributed by atoms with E-state index in [-0.39, 0.29) is 29.6 Å². The number of carbonyl (C=O) groups is 3. The number of hydrogen-bond donors (Lipinski definition) is 1. The van der Waals surface area contributed by atoms with Crippen molar-refractivity contribution in [1.29, 1.82) is 0 Å². The number of nitrogens with zero attached hydrogens (tertiary/aromatic N) is 2. The van der Waals surface area contributed by atoms with Gasteiger partial charge in [0.1, 0.15) is 0 Å². The van der Waals surface area contributed by atoms with E-state index in [1.807, 2.05) is 52.3 Å². The topological polar surface area (TPSA) is 69.7 Å². The summed E-state index contributed by atoms with van der Waals surface area (Å²) >= 11 is 0. The maximum Gasteiger partial charge on any atom is 0.253 e. The normalized spacial score (nSPS) is 22.0. The fraction of sp³-hybridized carbons (Fsp3) is 0.500. The van der Waals surface area contributed by atoms with E-state index in [1.165, 1.54) is 18.4 Å². The first kappa shape index (κ1) is 24.5. The van der Waals surface area contributed by atoms with Crippen LogP contribution in [0.5, 0.6) is 0 Å². The lowest BCUT2D eigenvalue weighted by atomic mass is 9.77. The van der Waals surface area contributed by atoms with E-state index < -0.39 is 0 Å². The van der Waals surface area contributed by atoms with Crippen LogP contribution >= 0.6 is 0 Å². The molecule has 0 radical (unpaired) electrons. The number of fused-ring (bicyclic) bond motifs is 1. The monoisotopic (exact) mass is 487 g/mol. The molecule has 0 aromatic heterocycles. The third-order valence-corrected chi connectivity index (χ3v) is 8.13. The minimum atomic E-state index is -0.289. The lowest BCUT2D eigenvalue weighted by Crippen LogP contribution is -2.45. The first-order chi connectivity index (χ1) is 17.6. The Balaban J connectivity index is 1.19. The van der Waals surface area contributed by atoms with Crippen molar-refractivity contribution < 1.29 is 14.4 Å². The molecule has 190 valence electrons. The molecule has 2 atom stereocenters. The second kappa shape index (κ2) is 11.3. The zero-order chi connectivity index (χ0) is 24.9. The van der Waals surface area contributed by atoms with Crippen LogP contribution in [0, 0.1) is 11.8 Å². The van der Waals surface area contributed by atoms with Crippen molar-refractivity contribution in [1.82, 2.24) is 10.2 Å². The van der Waals surface area contributed by atoms with Gasteiger partial charge in [0.05, 0.1) is 5.92 Å². The summed E-state index contributed by atoms with van der Waals surface area (Å²) in [5, 5.41) is 3.08. The molecule has 0 unspecified atom stereocenters. The Morgan fingerprint density at radius 2 is 1.47 bits per heavy atom. The third kappa shape index (κ3) is 5.32. The van der Waals surface area contributed by atoms with Gasteiger partial charge in [-0.2, -0.15) is 0 Å². The van der Waals surface area contributed by atoms with Gasteiger partial charge in [-0.3, -0.25) is 14.4 Å². The van der Waals surface area contributed by atoms with E-state index in [1.54, 1.807) is 0 Å². The van der Waals surface area contributed by atoms with Crippen LogP contribution in [0.1, 0.15) is 72.9 Å². The van der Waals surface area contributed by atoms with Crippen molar-refractivity contribution in [3.63, 3.8) is 0 Å². The molecule has 1 saturated heterocycles. The van der Waals surface area contributed by atoms with Crippen LogP contribution in [0.2, 0.25) is 0 Å². The molecule has 1 aliphatic carbocycles. The lowest BCUT2D eigenvalue weighted by molar-refractivity contribution is -0.135. The highest BCUT2D eigenvalue weighted by atomic mass is 16.2. The zero-order valence-corrected chi connectivity index (χ0v) is 21.1. The molecule has 3 amide bonds. The molecule has 1 N–H and O–H groups in total. The number of nitrogens with one attached hydrogen (secondary N) is 1. The summed E-state index contributed by atoms with van der Waals surface area (Å²) in [4.78, 5) is 43.4. The minimum absolute atomic E-state index is 0.0368. The smallest absolute Gasteiger partial charge is 0.253 e. The molecular formula is C30H37N3O3. The van der Waals surface area contributed by atoms with Crippen LogP contribution in [0.25, 0.3) is 0 Å². The number of benzene rings is 2. The molecule has 5 rings (SSSR count). The first-order valence-electron chi connectivity index (χ1n) is 13.7. The quantitative estimate of drug-likeness (QED) is 0.664. The number of anilines is 1. The Kier molecular flexibility index (Phi) is 7.69. The third-order valence-electron chi connectivity index (χ3n) is 8.13. The average Bonchev–Trinajstić information content (AvgIpc) is 3.17. The van der Waals surface area contributed by atoms with Crippen LogP contribution < -0.4 is 10.2 Å². The second-order valence-corrected chi connectivity index (χ2v) is 10.5. The van der Waals surface area contributed by atoms with Gasteiger partial charge in [-0.1, -0.05) is 56.0 Å². The maximum absolute atomic E-state index is 13.5. The number of rotatable bonds is 5. The molecule has 6 heteroatoms. The average molecular weight is 488 g/mol. The van der Waals surface area contributed by atoms with Gasteiger partial charge in [-0.25, -0.2) is 0 Å². The molecular weight excluding hydrogens is 450 g/mol. The van der Waals surface area contributed by atoms with E-state index in [4.69, 9.17) is 0 Å². The predicted octanol–water partition coefficient (Wildman–Crippen LogP) is 4.71. The largest absolute Gasteiger partial charge is 0.352 e. The number of amides is 3. The minimum Gasteiger partial charge on any atom is -0.352 e. The van der Waals surface area contributed by atoms with Gasteiger partial charge in [0.25, 0.3) is 5.91 Å².